The molecule has 0 aliphatic carbocycles. The van der Waals surface area contributed by atoms with Crippen LogP contribution in [-0.2, 0) is 14.3 Å². The largest absolute Gasteiger partial charge is 0.483 e. The lowest BCUT2D eigenvalue weighted by atomic mass is 10.0. The van der Waals surface area contributed by atoms with Crippen molar-refractivity contribution >= 4 is 29.3 Å². The number of nitrogens with two attached hydrogens (primary N) is 1. The Morgan fingerprint density at radius 3 is 2.25 bits per heavy atom. The van der Waals surface area contributed by atoms with Gasteiger partial charge in [-0.25, -0.2) is 4.79 Å². The van der Waals surface area contributed by atoms with Gasteiger partial charge in [-0.15, -0.1) is 0 Å². The first-order valence-electron chi connectivity index (χ1n) is 15.0. The highest BCUT2D eigenvalue weighted by Gasteiger charge is 2.40. The summed E-state index contributed by atoms with van der Waals surface area (Å²) in [6.07, 6.45) is 3.17. The Balaban J connectivity index is 1.38. The molecule has 234 valence electrons. The van der Waals surface area contributed by atoms with Crippen molar-refractivity contribution in [3.63, 3.8) is 0 Å². The lowest BCUT2D eigenvalue weighted by molar-refractivity contribution is -0.461. The standard InChI is InChI=1S/C34H43N5O5/c1-21(2)30(37-22(3)43-7)32(41)39-18-8-9-28(39)31-35-19-27(38-31)25-14-10-23(11-15-25)24-12-16-26(17-13-24)29(40)20-36-33(42)44-34(4,5)6/h10-17,19,21,28,30,37H,3,8-9,18,20H2,1-2,4-7H3,(H,35,38)(H,36,42)/p+1/t28-,30-/m0/s1. The molecule has 4 N–H and O–H groups in total. The molecule has 44 heavy (non-hydrogen) atoms. The smallest absolute Gasteiger partial charge is 0.408 e. The normalized spacial score (nSPS) is 17.1. The molecule has 0 unspecified atom stereocenters. The van der Waals surface area contributed by atoms with Crippen molar-refractivity contribution in [2.45, 2.75) is 65.1 Å². The number of hydrogen-bond acceptors (Lipinski definition) is 7. The molecule has 1 saturated heterocycles. The number of aliphatic imine (C=N–C) groups is 1. The van der Waals surface area contributed by atoms with Gasteiger partial charge in [-0.3, -0.25) is 14.9 Å². The van der Waals surface area contributed by atoms with Crippen molar-refractivity contribution in [2.24, 2.45) is 10.9 Å². The van der Waals surface area contributed by atoms with Crippen LogP contribution >= 0.6 is 0 Å². The third kappa shape index (κ3) is 8.13. The van der Waals surface area contributed by atoms with Gasteiger partial charge in [-0.1, -0.05) is 62.4 Å². The topological polar surface area (TPSA) is 126 Å². The summed E-state index contributed by atoms with van der Waals surface area (Å²) in [6.45, 7) is 13.7. The van der Waals surface area contributed by atoms with Crippen LogP contribution in [0.1, 0.15) is 63.4 Å². The van der Waals surface area contributed by atoms with E-state index in [1.807, 2.05) is 66.7 Å². The lowest BCUT2D eigenvalue weighted by Crippen LogP contribution is -2.84. The fourth-order valence-electron chi connectivity index (χ4n) is 5.24. The Labute approximate surface area is 259 Å². The Kier molecular flexibility index (Phi) is 10.3. The second-order valence-electron chi connectivity index (χ2n) is 12.4. The minimum atomic E-state index is -0.626. The second kappa shape index (κ2) is 13.9. The number of ether oxygens (including phenoxy) is 2. The zero-order valence-corrected chi connectivity index (χ0v) is 26.5. The summed E-state index contributed by atoms with van der Waals surface area (Å²) in [6, 6.07) is 14.9. The minimum absolute atomic E-state index is 0.0293. The van der Waals surface area contributed by atoms with E-state index in [2.05, 4.69) is 17.2 Å². The number of carbonyl (C=O) groups is 3. The molecule has 2 heterocycles. The maximum absolute atomic E-state index is 13.5. The number of methoxy groups -OCH3 is 1. The zero-order chi connectivity index (χ0) is 32.0. The van der Waals surface area contributed by atoms with Crippen LogP contribution in [0.4, 0.5) is 4.79 Å². The summed E-state index contributed by atoms with van der Waals surface area (Å²) in [4.78, 5) is 44.8. The van der Waals surface area contributed by atoms with Gasteiger partial charge in [-0.2, -0.15) is 4.99 Å². The summed E-state index contributed by atoms with van der Waals surface area (Å²) < 4.78 is 10.4. The summed E-state index contributed by atoms with van der Waals surface area (Å²) in [5, 5.41) is 7.64. The van der Waals surface area contributed by atoms with Crippen LogP contribution in [0.2, 0.25) is 0 Å². The molecule has 10 nitrogen and oxygen atoms in total. The van der Waals surface area contributed by atoms with Crippen LogP contribution in [0.5, 0.6) is 0 Å². The molecule has 10 heteroatoms. The molecule has 2 aromatic rings. The average Bonchev–Trinajstić information content (AvgIpc) is 3.68. The number of nitrogens with one attached hydrogen (secondary N) is 2. The van der Waals surface area contributed by atoms with Crippen LogP contribution in [0, 0.1) is 5.92 Å². The Hall–Kier alpha value is -4.44. The number of Topliss-reactive ketones (excluding diaryl/α,β-unsaturated/α-hetero) is 1. The van der Waals surface area contributed by atoms with E-state index in [9.17, 15) is 14.4 Å². The number of amides is 2. The highest BCUT2D eigenvalue weighted by Crippen LogP contribution is 2.26. The van der Waals surface area contributed by atoms with Gasteiger partial charge in [0.15, 0.2) is 11.7 Å². The van der Waals surface area contributed by atoms with Crippen molar-refractivity contribution in [1.82, 2.24) is 15.5 Å². The molecule has 2 atom stereocenters. The number of nitrogens with zero attached hydrogens (tertiary/aromatic N) is 2. The SMILES string of the molecule is C=C(N[C@H](C(=O)N1CCC[C@H]1C1=NC(c2ccc(-c3ccc(C(=O)CNC(=O)OC(C)(C)C)cc3)cc2)=C[NH2+]1)C(C)C)OC. The Morgan fingerprint density at radius 2 is 1.66 bits per heavy atom. The van der Waals surface area contributed by atoms with Crippen LogP contribution < -0.4 is 16.0 Å². The first kappa shape index (κ1) is 32.5. The molecule has 4 rings (SSSR count). The number of hydrogen-bond donors (Lipinski definition) is 3. The number of likely N-dealkylation sites (tertiary alicyclic amines) is 1. The number of quaternary nitrogens is 1. The van der Waals surface area contributed by atoms with Crippen LogP contribution in [0.25, 0.3) is 16.8 Å². The van der Waals surface area contributed by atoms with Gasteiger partial charge in [0.25, 0.3) is 0 Å². The molecule has 0 spiro atoms. The molecule has 0 aromatic heterocycles. The van der Waals surface area contributed by atoms with Gasteiger partial charge in [0, 0.05) is 17.7 Å². The highest BCUT2D eigenvalue weighted by atomic mass is 16.6. The van der Waals surface area contributed by atoms with E-state index in [-0.39, 0.29) is 30.2 Å². The Morgan fingerprint density at radius 1 is 1.05 bits per heavy atom. The third-order valence-electron chi connectivity index (χ3n) is 7.55. The van der Waals surface area contributed by atoms with Crippen molar-refractivity contribution in [2.75, 3.05) is 20.2 Å². The van der Waals surface area contributed by atoms with E-state index >= 15 is 0 Å². The number of alkyl carbamates (subject to hydrolysis) is 1. The van der Waals surface area contributed by atoms with Crippen molar-refractivity contribution in [3.8, 4) is 11.1 Å². The maximum Gasteiger partial charge on any atom is 0.408 e. The lowest BCUT2D eigenvalue weighted by Gasteiger charge is -2.30. The molecular formula is C34H44N5O5+. The minimum Gasteiger partial charge on any atom is -0.483 e. The van der Waals surface area contributed by atoms with Gasteiger partial charge in [-0.05, 0) is 57.2 Å². The van der Waals surface area contributed by atoms with Crippen LogP contribution in [0.15, 0.2) is 72.2 Å². The average molecular weight is 603 g/mol. The first-order valence-corrected chi connectivity index (χ1v) is 15.0. The summed E-state index contributed by atoms with van der Waals surface area (Å²) >= 11 is 0. The molecule has 2 aromatic carbocycles. The van der Waals surface area contributed by atoms with E-state index in [1.54, 1.807) is 32.9 Å². The second-order valence-corrected chi connectivity index (χ2v) is 12.4. The quantitative estimate of drug-likeness (QED) is 0.263. The summed E-state index contributed by atoms with van der Waals surface area (Å²) in [7, 11) is 1.53. The third-order valence-corrected chi connectivity index (χ3v) is 7.55. The molecular weight excluding hydrogens is 558 g/mol. The molecule has 2 aliphatic heterocycles. The number of amidine groups is 1. The van der Waals surface area contributed by atoms with Gasteiger partial charge in [0.2, 0.25) is 11.7 Å². The summed E-state index contributed by atoms with van der Waals surface area (Å²) in [5.74, 6) is 1.16. The zero-order valence-electron chi connectivity index (χ0n) is 26.5. The van der Waals surface area contributed by atoms with Gasteiger partial charge in [0.05, 0.1) is 13.7 Å². The van der Waals surface area contributed by atoms with Crippen LogP contribution in [-0.4, -0.2) is 66.4 Å². The van der Waals surface area contributed by atoms with Gasteiger partial charge in [0.1, 0.15) is 29.6 Å². The fourth-order valence-corrected chi connectivity index (χ4v) is 5.24. The molecule has 1 fully saturated rings. The van der Waals surface area contributed by atoms with E-state index < -0.39 is 17.7 Å². The Bertz CT molecular complexity index is 1440. The predicted octanol–water partition coefficient (Wildman–Crippen LogP) is 4.06. The van der Waals surface area contributed by atoms with Gasteiger partial charge < -0.3 is 25.0 Å². The number of rotatable bonds is 11. The van der Waals surface area contributed by atoms with Crippen molar-refractivity contribution in [1.29, 1.82) is 0 Å². The predicted molar refractivity (Wildman–Crippen MR) is 170 cm³/mol. The monoisotopic (exact) mass is 602 g/mol. The van der Waals surface area contributed by atoms with Crippen molar-refractivity contribution < 1.29 is 29.2 Å². The summed E-state index contributed by atoms with van der Waals surface area (Å²) in [5.41, 5.74) is 3.69. The van der Waals surface area contributed by atoms with E-state index in [1.165, 1.54) is 7.11 Å². The molecule has 2 amide bonds. The molecule has 0 radical (unpaired) electrons. The van der Waals surface area contributed by atoms with Crippen LogP contribution in [0.3, 0.4) is 0 Å². The highest BCUT2D eigenvalue weighted by molar-refractivity contribution is 5.99. The molecule has 0 bridgehead atoms. The van der Waals surface area contributed by atoms with Crippen molar-refractivity contribution in [3.05, 3.63) is 78.3 Å². The fraction of sp³-hybridized carbons (Fsp3) is 0.412. The van der Waals surface area contributed by atoms with E-state index in [4.69, 9.17) is 14.5 Å². The number of ketones is 1. The first-order chi connectivity index (χ1) is 20.9. The number of carbonyl (C=O) groups excluding carboxylic acids is 3. The van der Waals surface area contributed by atoms with E-state index in [0.29, 0.717) is 18.0 Å². The van der Waals surface area contributed by atoms with E-state index in [0.717, 1.165) is 41.1 Å². The number of benzene rings is 2. The van der Waals surface area contributed by atoms with Gasteiger partial charge >= 0.3 is 6.09 Å². The molecule has 0 saturated carbocycles. The molecule has 2 aliphatic rings. The maximum atomic E-state index is 13.5.